The minimum absolute atomic E-state index is 0.0634. The molecule has 2 aromatic rings. The van der Waals surface area contributed by atoms with Crippen LogP contribution < -0.4 is 5.32 Å². The summed E-state index contributed by atoms with van der Waals surface area (Å²) in [5.74, 6) is -1.21. The lowest BCUT2D eigenvalue weighted by Gasteiger charge is -2.07. The third kappa shape index (κ3) is 3.16. The number of amides is 1. The van der Waals surface area contributed by atoms with E-state index in [2.05, 4.69) is 5.32 Å². The fourth-order valence-electron chi connectivity index (χ4n) is 1.85. The number of benzene rings is 2. The van der Waals surface area contributed by atoms with E-state index in [0.29, 0.717) is 5.69 Å². The van der Waals surface area contributed by atoms with Gasteiger partial charge in [-0.3, -0.25) is 4.79 Å². The van der Waals surface area contributed by atoms with Gasteiger partial charge in [0.15, 0.2) is 0 Å². The Kier molecular flexibility index (Phi) is 4.05. The van der Waals surface area contributed by atoms with Crippen LogP contribution in [0, 0.1) is 0 Å². The zero-order chi connectivity index (χ0) is 14.7. The van der Waals surface area contributed by atoms with Crippen LogP contribution in [0.15, 0.2) is 42.5 Å². The molecule has 1 amide bonds. The van der Waals surface area contributed by atoms with E-state index >= 15 is 0 Å². The van der Waals surface area contributed by atoms with Crippen molar-refractivity contribution < 1.29 is 14.7 Å². The smallest absolute Gasteiger partial charge is 0.337 e. The molecule has 0 atom stereocenters. The molecule has 2 rings (SSSR count). The molecule has 0 fully saturated rings. The van der Waals surface area contributed by atoms with Crippen molar-refractivity contribution in [1.82, 2.24) is 0 Å². The van der Waals surface area contributed by atoms with E-state index in [9.17, 15) is 9.59 Å². The fourth-order valence-corrected chi connectivity index (χ4v) is 2.11. The maximum Gasteiger partial charge on any atom is 0.337 e. The highest BCUT2D eigenvalue weighted by Crippen LogP contribution is 2.27. The average molecular weight is 290 g/mol. The third-order valence-electron chi connectivity index (χ3n) is 2.72. The molecule has 5 heteroatoms. The Hall–Kier alpha value is -2.33. The molecule has 0 aromatic heterocycles. The van der Waals surface area contributed by atoms with Gasteiger partial charge in [-0.05, 0) is 35.4 Å². The van der Waals surface area contributed by atoms with Gasteiger partial charge in [-0.25, -0.2) is 4.79 Å². The number of nitrogens with one attached hydrogen (secondary N) is 1. The van der Waals surface area contributed by atoms with E-state index in [0.717, 1.165) is 11.1 Å². The van der Waals surface area contributed by atoms with Gasteiger partial charge in [-0.15, -0.1) is 0 Å². The van der Waals surface area contributed by atoms with Crippen molar-refractivity contribution in [3.05, 3.63) is 53.1 Å². The summed E-state index contributed by atoms with van der Waals surface area (Å²) >= 11 is 5.95. The number of hydrogen-bond donors (Lipinski definition) is 2. The molecule has 0 spiro atoms. The van der Waals surface area contributed by atoms with Crippen LogP contribution >= 0.6 is 11.6 Å². The zero-order valence-corrected chi connectivity index (χ0v) is 11.4. The van der Waals surface area contributed by atoms with Gasteiger partial charge in [0.2, 0.25) is 5.91 Å². The minimum atomic E-state index is -1.06. The third-order valence-corrected chi connectivity index (χ3v) is 3.03. The number of rotatable bonds is 3. The predicted molar refractivity (Wildman–Crippen MR) is 78.2 cm³/mol. The molecule has 4 nitrogen and oxygen atoms in total. The quantitative estimate of drug-likeness (QED) is 0.906. The van der Waals surface area contributed by atoms with Crippen LogP contribution in [0.5, 0.6) is 0 Å². The van der Waals surface area contributed by atoms with Crippen molar-refractivity contribution in [2.45, 2.75) is 6.92 Å². The molecule has 0 unspecified atom stereocenters. The van der Waals surface area contributed by atoms with E-state index in [1.807, 2.05) is 6.07 Å². The molecule has 20 heavy (non-hydrogen) atoms. The van der Waals surface area contributed by atoms with Crippen molar-refractivity contribution in [1.29, 1.82) is 0 Å². The maximum atomic E-state index is 11.0. The molecule has 0 bridgehead atoms. The molecule has 0 saturated heterocycles. The Balaban J connectivity index is 2.39. The van der Waals surface area contributed by atoms with Crippen LogP contribution in [0.1, 0.15) is 17.3 Å². The van der Waals surface area contributed by atoms with Gasteiger partial charge in [-0.2, -0.15) is 0 Å². The van der Waals surface area contributed by atoms with Crippen molar-refractivity contribution in [3.63, 3.8) is 0 Å². The molecule has 0 aliphatic rings. The summed E-state index contributed by atoms with van der Waals surface area (Å²) in [5, 5.41) is 11.8. The second-order valence-electron chi connectivity index (χ2n) is 4.26. The number of aromatic carboxylic acids is 1. The van der Waals surface area contributed by atoms with Crippen LogP contribution in [0.25, 0.3) is 11.1 Å². The normalized spacial score (nSPS) is 10.1. The van der Waals surface area contributed by atoms with Gasteiger partial charge in [0.25, 0.3) is 0 Å². The summed E-state index contributed by atoms with van der Waals surface area (Å²) < 4.78 is 0. The molecule has 2 N–H and O–H groups in total. The van der Waals surface area contributed by atoms with E-state index in [-0.39, 0.29) is 16.5 Å². The summed E-state index contributed by atoms with van der Waals surface area (Å²) in [4.78, 5) is 22.0. The second kappa shape index (κ2) is 5.75. The van der Waals surface area contributed by atoms with Crippen molar-refractivity contribution in [2.75, 3.05) is 5.32 Å². The largest absolute Gasteiger partial charge is 0.478 e. The first kappa shape index (κ1) is 14.1. The van der Waals surface area contributed by atoms with Crippen LogP contribution in [0.4, 0.5) is 5.69 Å². The fraction of sp³-hybridized carbons (Fsp3) is 0.0667. The van der Waals surface area contributed by atoms with Crippen LogP contribution in [0.2, 0.25) is 5.02 Å². The van der Waals surface area contributed by atoms with Gasteiger partial charge in [-0.1, -0.05) is 29.8 Å². The lowest BCUT2D eigenvalue weighted by molar-refractivity contribution is -0.114. The van der Waals surface area contributed by atoms with E-state index in [4.69, 9.17) is 16.7 Å². The van der Waals surface area contributed by atoms with E-state index in [1.165, 1.54) is 13.0 Å². The lowest BCUT2D eigenvalue weighted by atomic mass is 10.0. The number of carboxylic acid groups (broad SMARTS) is 1. The van der Waals surface area contributed by atoms with Gasteiger partial charge in [0.05, 0.1) is 10.6 Å². The maximum absolute atomic E-state index is 11.0. The van der Waals surface area contributed by atoms with Crippen molar-refractivity contribution in [2.24, 2.45) is 0 Å². The highest BCUT2D eigenvalue weighted by atomic mass is 35.5. The predicted octanol–water partition coefficient (Wildman–Crippen LogP) is 3.66. The summed E-state index contributed by atoms with van der Waals surface area (Å²) in [6.07, 6.45) is 0. The van der Waals surface area contributed by atoms with Crippen LogP contribution in [-0.2, 0) is 4.79 Å². The monoisotopic (exact) mass is 289 g/mol. The van der Waals surface area contributed by atoms with Crippen molar-refractivity contribution in [3.8, 4) is 11.1 Å². The zero-order valence-electron chi connectivity index (χ0n) is 10.7. The number of halogens is 1. The van der Waals surface area contributed by atoms with Gasteiger partial charge in [0.1, 0.15) is 0 Å². The Morgan fingerprint density at radius 2 is 1.80 bits per heavy atom. The summed E-state index contributed by atoms with van der Waals surface area (Å²) in [6.45, 7) is 1.44. The van der Waals surface area contributed by atoms with Gasteiger partial charge < -0.3 is 10.4 Å². The standard InChI is InChI=1S/C15H12ClNO3/c1-9(18)17-12-4-2-3-10(7-12)11-5-6-13(15(19)20)14(16)8-11/h2-8H,1H3,(H,17,18)(H,19,20). The van der Waals surface area contributed by atoms with E-state index < -0.39 is 5.97 Å². The number of anilines is 1. The molecular weight excluding hydrogens is 278 g/mol. The molecule has 0 saturated carbocycles. The molecule has 0 aliphatic heterocycles. The lowest BCUT2D eigenvalue weighted by Crippen LogP contribution is -2.05. The van der Waals surface area contributed by atoms with Gasteiger partial charge in [0, 0.05) is 12.6 Å². The van der Waals surface area contributed by atoms with Gasteiger partial charge >= 0.3 is 5.97 Å². The Morgan fingerprint density at radius 3 is 2.40 bits per heavy atom. The molecule has 2 aromatic carbocycles. The topological polar surface area (TPSA) is 66.4 Å². The number of carbonyl (C=O) groups excluding carboxylic acids is 1. The first-order valence-corrected chi connectivity index (χ1v) is 6.26. The number of hydrogen-bond acceptors (Lipinski definition) is 2. The second-order valence-corrected chi connectivity index (χ2v) is 4.67. The van der Waals surface area contributed by atoms with Crippen molar-refractivity contribution >= 4 is 29.2 Å². The van der Waals surface area contributed by atoms with Crippen LogP contribution in [0.3, 0.4) is 0 Å². The average Bonchev–Trinajstić information content (AvgIpc) is 2.37. The molecule has 0 radical (unpaired) electrons. The van der Waals surface area contributed by atoms with Crippen LogP contribution in [-0.4, -0.2) is 17.0 Å². The first-order valence-electron chi connectivity index (χ1n) is 5.88. The number of carbonyl (C=O) groups is 2. The first-order chi connectivity index (χ1) is 9.47. The minimum Gasteiger partial charge on any atom is -0.478 e. The Morgan fingerprint density at radius 1 is 1.10 bits per heavy atom. The molecule has 0 aliphatic carbocycles. The Labute approximate surface area is 121 Å². The highest BCUT2D eigenvalue weighted by Gasteiger charge is 2.10. The molecule has 102 valence electrons. The highest BCUT2D eigenvalue weighted by molar-refractivity contribution is 6.33. The number of carboxylic acids is 1. The summed E-state index contributed by atoms with van der Waals surface area (Å²) in [5.41, 5.74) is 2.36. The SMILES string of the molecule is CC(=O)Nc1cccc(-c2ccc(C(=O)O)c(Cl)c2)c1. The molecular formula is C15H12ClNO3. The summed E-state index contributed by atoms with van der Waals surface area (Å²) in [7, 11) is 0. The summed E-state index contributed by atoms with van der Waals surface area (Å²) in [6, 6.07) is 12.0. The van der Waals surface area contributed by atoms with E-state index in [1.54, 1.807) is 30.3 Å². The Bertz CT molecular complexity index is 683. The molecule has 0 heterocycles.